The number of amides is 1. The van der Waals surface area contributed by atoms with E-state index in [1.165, 1.54) is 6.07 Å². The molecule has 1 aromatic rings. The Kier molecular flexibility index (Phi) is 5.11. The highest BCUT2D eigenvalue weighted by Gasteiger charge is 2.31. The van der Waals surface area contributed by atoms with Gasteiger partial charge in [-0.1, -0.05) is 25.1 Å². The van der Waals surface area contributed by atoms with Crippen molar-refractivity contribution in [2.45, 2.75) is 38.4 Å². The summed E-state index contributed by atoms with van der Waals surface area (Å²) in [5.74, 6) is -0.388. The lowest BCUT2D eigenvalue weighted by molar-refractivity contribution is -0.137. The molecule has 22 heavy (non-hydrogen) atoms. The molecular formula is C16H21F3N2O. The van der Waals surface area contributed by atoms with E-state index in [9.17, 15) is 18.0 Å². The molecule has 0 radical (unpaired) electrons. The van der Waals surface area contributed by atoms with Gasteiger partial charge in [0.1, 0.15) is 0 Å². The van der Waals surface area contributed by atoms with Crippen LogP contribution in [0.2, 0.25) is 0 Å². The molecule has 0 saturated carbocycles. The minimum atomic E-state index is -4.36. The average Bonchev–Trinajstić information content (AvgIpc) is 2.46. The first kappa shape index (κ1) is 16.8. The van der Waals surface area contributed by atoms with Crippen molar-refractivity contribution in [3.8, 4) is 0 Å². The Morgan fingerprint density at radius 2 is 2.18 bits per heavy atom. The maximum absolute atomic E-state index is 12.7. The first-order valence-electron chi connectivity index (χ1n) is 7.48. The molecule has 0 spiro atoms. The van der Waals surface area contributed by atoms with E-state index < -0.39 is 11.7 Å². The number of alkyl halides is 3. The summed E-state index contributed by atoms with van der Waals surface area (Å²) >= 11 is 0. The maximum atomic E-state index is 12.7. The Bertz CT molecular complexity index is 530. The van der Waals surface area contributed by atoms with Crippen molar-refractivity contribution in [2.24, 2.45) is 11.7 Å². The number of piperidine rings is 1. The lowest BCUT2D eigenvalue weighted by atomic mass is 9.96. The highest BCUT2D eigenvalue weighted by atomic mass is 19.4. The van der Waals surface area contributed by atoms with E-state index in [2.05, 4.69) is 0 Å². The Morgan fingerprint density at radius 3 is 2.82 bits per heavy atom. The third-order valence-electron chi connectivity index (χ3n) is 3.99. The number of likely N-dealkylation sites (tertiary alicyclic amines) is 1. The van der Waals surface area contributed by atoms with Crippen molar-refractivity contribution < 1.29 is 18.0 Å². The minimum Gasteiger partial charge on any atom is -0.341 e. The van der Waals surface area contributed by atoms with Gasteiger partial charge in [0.25, 0.3) is 0 Å². The molecule has 0 unspecified atom stereocenters. The number of carbonyl (C=O) groups is 1. The van der Waals surface area contributed by atoms with Crippen LogP contribution >= 0.6 is 0 Å². The van der Waals surface area contributed by atoms with Crippen LogP contribution in [0.25, 0.3) is 0 Å². The number of nitrogens with two attached hydrogens (primary N) is 1. The van der Waals surface area contributed by atoms with Crippen molar-refractivity contribution in [3.05, 3.63) is 35.4 Å². The van der Waals surface area contributed by atoms with Crippen LogP contribution in [0.5, 0.6) is 0 Å². The van der Waals surface area contributed by atoms with Crippen LogP contribution in [0.1, 0.15) is 30.9 Å². The second kappa shape index (κ2) is 6.69. The van der Waals surface area contributed by atoms with Crippen molar-refractivity contribution in [1.29, 1.82) is 0 Å². The van der Waals surface area contributed by atoms with Gasteiger partial charge in [-0.2, -0.15) is 13.2 Å². The van der Waals surface area contributed by atoms with Crippen molar-refractivity contribution >= 4 is 5.91 Å². The Labute approximate surface area is 128 Å². The van der Waals surface area contributed by atoms with Gasteiger partial charge in [0.2, 0.25) is 5.91 Å². The number of halogens is 3. The molecule has 2 N–H and O–H groups in total. The van der Waals surface area contributed by atoms with Gasteiger partial charge in [0.05, 0.1) is 5.56 Å². The molecule has 1 aliphatic rings. The normalized spacial score (nSPS) is 20.8. The Hall–Kier alpha value is -1.56. The molecule has 1 aliphatic heterocycles. The van der Waals surface area contributed by atoms with Crippen molar-refractivity contribution in [1.82, 2.24) is 4.90 Å². The van der Waals surface area contributed by atoms with E-state index in [-0.39, 0.29) is 17.9 Å². The van der Waals surface area contributed by atoms with E-state index in [0.29, 0.717) is 25.1 Å². The van der Waals surface area contributed by atoms with Crippen LogP contribution in [-0.4, -0.2) is 29.9 Å². The highest BCUT2D eigenvalue weighted by Crippen LogP contribution is 2.30. The molecule has 1 aromatic carbocycles. The molecule has 2 atom stereocenters. The number of carbonyl (C=O) groups excluding carboxylic acids is 1. The zero-order valence-electron chi connectivity index (χ0n) is 12.6. The maximum Gasteiger partial charge on any atom is 0.416 e. The predicted molar refractivity (Wildman–Crippen MR) is 78.1 cm³/mol. The standard InChI is InChI=1S/C16H21F3N2O/c1-11(15(22)21-7-3-6-14(20)10-21)8-12-4-2-5-13(9-12)16(17,18)19/h2,4-5,9,11,14H,3,6-8,10,20H2,1H3/t11-,14+/m1/s1. The summed E-state index contributed by atoms with van der Waals surface area (Å²) in [6.07, 6.45) is -2.27. The minimum absolute atomic E-state index is 0.00143. The molecule has 6 heteroatoms. The molecule has 2 rings (SSSR count). The molecule has 0 bridgehead atoms. The fraction of sp³-hybridized carbons (Fsp3) is 0.562. The highest BCUT2D eigenvalue weighted by molar-refractivity contribution is 5.79. The van der Waals surface area contributed by atoms with Gasteiger partial charge >= 0.3 is 6.18 Å². The van der Waals surface area contributed by atoms with Crippen LogP contribution in [0.15, 0.2) is 24.3 Å². The summed E-state index contributed by atoms with van der Waals surface area (Å²) < 4.78 is 38.1. The quantitative estimate of drug-likeness (QED) is 0.932. The summed E-state index contributed by atoms with van der Waals surface area (Å²) in [6, 6.07) is 5.16. The third kappa shape index (κ3) is 4.22. The SMILES string of the molecule is C[C@H](Cc1cccc(C(F)(F)F)c1)C(=O)N1CCC[C@H](N)C1. The Balaban J connectivity index is 2.02. The summed E-state index contributed by atoms with van der Waals surface area (Å²) in [5.41, 5.74) is 5.71. The number of rotatable bonds is 3. The van der Waals surface area contributed by atoms with E-state index in [0.717, 1.165) is 25.0 Å². The van der Waals surface area contributed by atoms with Gasteiger partial charge in [0, 0.05) is 25.0 Å². The van der Waals surface area contributed by atoms with Gasteiger partial charge in [-0.05, 0) is 30.9 Å². The van der Waals surface area contributed by atoms with E-state index in [1.807, 2.05) is 0 Å². The first-order chi connectivity index (χ1) is 10.3. The second-order valence-corrected chi connectivity index (χ2v) is 5.99. The fourth-order valence-corrected chi connectivity index (χ4v) is 2.84. The van der Waals surface area contributed by atoms with Gasteiger partial charge in [0.15, 0.2) is 0 Å². The molecule has 122 valence electrons. The first-order valence-corrected chi connectivity index (χ1v) is 7.48. The van der Waals surface area contributed by atoms with Crippen LogP contribution in [0.3, 0.4) is 0 Å². The molecule has 3 nitrogen and oxygen atoms in total. The van der Waals surface area contributed by atoms with Gasteiger partial charge in [-0.25, -0.2) is 0 Å². The van der Waals surface area contributed by atoms with Crippen LogP contribution in [-0.2, 0) is 17.4 Å². The smallest absolute Gasteiger partial charge is 0.341 e. The lowest BCUT2D eigenvalue weighted by Gasteiger charge is -2.32. The number of hydrogen-bond donors (Lipinski definition) is 1. The molecule has 0 aliphatic carbocycles. The molecule has 0 aromatic heterocycles. The second-order valence-electron chi connectivity index (χ2n) is 5.99. The molecule has 1 heterocycles. The zero-order chi connectivity index (χ0) is 16.3. The number of nitrogens with zero attached hydrogens (tertiary/aromatic N) is 1. The number of benzene rings is 1. The fourth-order valence-electron chi connectivity index (χ4n) is 2.84. The molecular weight excluding hydrogens is 293 g/mol. The zero-order valence-corrected chi connectivity index (χ0v) is 12.6. The van der Waals surface area contributed by atoms with Crippen molar-refractivity contribution in [2.75, 3.05) is 13.1 Å². The topological polar surface area (TPSA) is 46.3 Å². The lowest BCUT2D eigenvalue weighted by Crippen LogP contribution is -2.47. The average molecular weight is 314 g/mol. The van der Waals surface area contributed by atoms with Gasteiger partial charge < -0.3 is 10.6 Å². The van der Waals surface area contributed by atoms with Crippen LogP contribution in [0.4, 0.5) is 13.2 Å². The summed E-state index contributed by atoms with van der Waals surface area (Å²) in [6.45, 7) is 2.97. The summed E-state index contributed by atoms with van der Waals surface area (Å²) in [7, 11) is 0. The van der Waals surface area contributed by atoms with Crippen molar-refractivity contribution in [3.63, 3.8) is 0 Å². The molecule has 1 fully saturated rings. The van der Waals surface area contributed by atoms with E-state index in [4.69, 9.17) is 5.73 Å². The molecule has 1 amide bonds. The van der Waals surface area contributed by atoms with Crippen LogP contribution < -0.4 is 5.73 Å². The monoisotopic (exact) mass is 314 g/mol. The molecule has 1 saturated heterocycles. The predicted octanol–water partition coefficient (Wildman–Crippen LogP) is 2.83. The Morgan fingerprint density at radius 1 is 1.45 bits per heavy atom. The largest absolute Gasteiger partial charge is 0.416 e. The van der Waals surface area contributed by atoms with Gasteiger partial charge in [-0.15, -0.1) is 0 Å². The third-order valence-corrected chi connectivity index (χ3v) is 3.99. The van der Waals surface area contributed by atoms with E-state index in [1.54, 1.807) is 17.9 Å². The summed E-state index contributed by atoms with van der Waals surface area (Å²) in [4.78, 5) is 14.1. The van der Waals surface area contributed by atoms with E-state index >= 15 is 0 Å². The summed E-state index contributed by atoms with van der Waals surface area (Å²) in [5, 5.41) is 0. The number of hydrogen-bond acceptors (Lipinski definition) is 2. The van der Waals surface area contributed by atoms with Gasteiger partial charge in [-0.3, -0.25) is 4.79 Å². The van der Waals surface area contributed by atoms with Crippen LogP contribution in [0, 0.1) is 5.92 Å².